The minimum Gasteiger partial charge on any atom is -0.316 e. The molecule has 20 heavy (non-hydrogen) atoms. The van der Waals surface area contributed by atoms with Crippen LogP contribution in [-0.4, -0.2) is 28.7 Å². The topological polar surface area (TPSA) is 46.9 Å². The van der Waals surface area contributed by atoms with Gasteiger partial charge in [-0.2, -0.15) is 5.10 Å². The number of carbonyl (C=O) groups excluding carboxylic acids is 1. The summed E-state index contributed by atoms with van der Waals surface area (Å²) in [4.78, 5) is 12.7. The van der Waals surface area contributed by atoms with Crippen molar-refractivity contribution in [3.05, 3.63) is 16.4 Å². The first-order valence-corrected chi connectivity index (χ1v) is 7.63. The van der Waals surface area contributed by atoms with Crippen LogP contribution in [0, 0.1) is 18.3 Å². The van der Waals surface area contributed by atoms with Gasteiger partial charge in [-0.1, -0.05) is 25.4 Å². The molecule has 1 saturated heterocycles. The average Bonchev–Trinajstić information content (AvgIpc) is 2.66. The molecule has 0 aromatic carbocycles. The summed E-state index contributed by atoms with van der Waals surface area (Å²) in [6.45, 7) is 7.98. The molecular formula is C15H24ClN3O. The molecule has 4 nitrogen and oxygen atoms in total. The third kappa shape index (κ3) is 2.91. The molecule has 1 aliphatic heterocycles. The molecule has 112 valence electrons. The standard InChI is InChI=1S/C15H24ClN3O/c1-10-14(16)12(19(4)18-10)8-13(20)15(2,3)11-6-5-7-17-9-11/h11,17H,5-9H2,1-4H3. The maximum absolute atomic E-state index is 12.7. The highest BCUT2D eigenvalue weighted by molar-refractivity contribution is 6.32. The van der Waals surface area contributed by atoms with Gasteiger partial charge in [0, 0.05) is 12.5 Å². The maximum atomic E-state index is 12.7. The highest BCUT2D eigenvalue weighted by Gasteiger charge is 2.37. The molecule has 2 heterocycles. The number of rotatable bonds is 4. The molecule has 1 N–H and O–H groups in total. The average molecular weight is 298 g/mol. The second-order valence-electron chi connectivity index (χ2n) is 6.33. The molecule has 1 aromatic rings. The summed E-state index contributed by atoms with van der Waals surface area (Å²) in [5, 5.41) is 8.29. The Labute approximate surface area is 125 Å². The van der Waals surface area contributed by atoms with Crippen molar-refractivity contribution in [1.29, 1.82) is 0 Å². The number of nitrogens with one attached hydrogen (secondary N) is 1. The number of halogens is 1. The van der Waals surface area contributed by atoms with Crippen LogP contribution in [0.25, 0.3) is 0 Å². The number of hydrogen-bond acceptors (Lipinski definition) is 3. The van der Waals surface area contributed by atoms with Gasteiger partial charge in [-0.25, -0.2) is 0 Å². The van der Waals surface area contributed by atoms with Crippen LogP contribution in [0.5, 0.6) is 0 Å². The fourth-order valence-corrected chi connectivity index (χ4v) is 3.17. The summed E-state index contributed by atoms with van der Waals surface area (Å²) in [5.41, 5.74) is 1.29. The molecule has 1 unspecified atom stereocenters. The molecule has 1 fully saturated rings. The van der Waals surface area contributed by atoms with E-state index in [0.717, 1.165) is 37.3 Å². The Balaban J connectivity index is 2.14. The predicted molar refractivity (Wildman–Crippen MR) is 81.0 cm³/mol. The Bertz CT molecular complexity index is 501. The van der Waals surface area contributed by atoms with Crippen LogP contribution < -0.4 is 5.32 Å². The van der Waals surface area contributed by atoms with E-state index >= 15 is 0 Å². The summed E-state index contributed by atoms with van der Waals surface area (Å²) in [7, 11) is 1.84. The van der Waals surface area contributed by atoms with Crippen LogP contribution in [0.1, 0.15) is 38.1 Å². The summed E-state index contributed by atoms with van der Waals surface area (Å²) in [6.07, 6.45) is 2.62. The molecule has 0 bridgehead atoms. The number of carbonyl (C=O) groups is 1. The van der Waals surface area contributed by atoms with E-state index in [4.69, 9.17) is 11.6 Å². The van der Waals surface area contributed by atoms with E-state index < -0.39 is 0 Å². The monoisotopic (exact) mass is 297 g/mol. The molecule has 2 rings (SSSR count). The largest absolute Gasteiger partial charge is 0.316 e. The predicted octanol–water partition coefficient (Wildman–Crippen LogP) is 2.52. The first kappa shape index (κ1) is 15.5. The Kier molecular flexibility index (Phi) is 4.55. The third-order valence-electron chi connectivity index (χ3n) is 4.63. The summed E-state index contributed by atoms with van der Waals surface area (Å²) in [6, 6.07) is 0. The zero-order valence-electron chi connectivity index (χ0n) is 12.8. The van der Waals surface area contributed by atoms with Crippen molar-refractivity contribution in [2.45, 2.75) is 40.0 Å². The van der Waals surface area contributed by atoms with Crippen LogP contribution in [0.3, 0.4) is 0 Å². The zero-order chi connectivity index (χ0) is 14.9. The van der Waals surface area contributed by atoms with Crippen LogP contribution in [0.4, 0.5) is 0 Å². The summed E-state index contributed by atoms with van der Waals surface area (Å²) >= 11 is 6.25. The van der Waals surface area contributed by atoms with Gasteiger partial charge < -0.3 is 5.32 Å². The van der Waals surface area contributed by atoms with Crippen LogP contribution >= 0.6 is 11.6 Å². The van der Waals surface area contributed by atoms with E-state index in [1.165, 1.54) is 0 Å². The van der Waals surface area contributed by atoms with Crippen molar-refractivity contribution in [3.63, 3.8) is 0 Å². The van der Waals surface area contributed by atoms with Gasteiger partial charge in [-0.05, 0) is 38.8 Å². The molecule has 1 aromatic heterocycles. The molecule has 0 spiro atoms. The molecule has 1 atom stereocenters. The lowest BCUT2D eigenvalue weighted by atomic mass is 9.71. The second-order valence-corrected chi connectivity index (χ2v) is 6.71. The summed E-state index contributed by atoms with van der Waals surface area (Å²) < 4.78 is 1.73. The van der Waals surface area contributed by atoms with Gasteiger partial charge in [-0.3, -0.25) is 9.48 Å². The molecule has 1 aliphatic rings. The Morgan fingerprint density at radius 1 is 1.55 bits per heavy atom. The molecular weight excluding hydrogens is 274 g/mol. The first-order valence-electron chi connectivity index (χ1n) is 7.26. The molecule has 5 heteroatoms. The molecule has 0 radical (unpaired) electrons. The van der Waals surface area contributed by atoms with E-state index in [2.05, 4.69) is 24.3 Å². The minimum absolute atomic E-state index is 0.246. The first-order chi connectivity index (χ1) is 9.34. The lowest BCUT2D eigenvalue weighted by Gasteiger charge is -2.36. The Morgan fingerprint density at radius 2 is 2.25 bits per heavy atom. The molecule has 0 saturated carbocycles. The lowest BCUT2D eigenvalue weighted by molar-refractivity contribution is -0.129. The number of piperidine rings is 1. The van der Waals surface area contributed by atoms with Gasteiger partial charge >= 0.3 is 0 Å². The normalized spacial score (nSPS) is 20.1. The van der Waals surface area contributed by atoms with E-state index in [-0.39, 0.29) is 11.2 Å². The quantitative estimate of drug-likeness (QED) is 0.929. The SMILES string of the molecule is Cc1nn(C)c(CC(=O)C(C)(C)C2CCCNC2)c1Cl. The molecule has 0 aliphatic carbocycles. The maximum Gasteiger partial charge on any atom is 0.144 e. The van der Waals surface area contributed by atoms with E-state index in [9.17, 15) is 4.79 Å². The Morgan fingerprint density at radius 3 is 2.75 bits per heavy atom. The van der Waals surface area contributed by atoms with Gasteiger partial charge in [-0.15, -0.1) is 0 Å². The number of Topliss-reactive ketones (excluding diaryl/α,β-unsaturated/α-hetero) is 1. The van der Waals surface area contributed by atoms with Gasteiger partial charge in [0.05, 0.1) is 22.8 Å². The number of aromatic nitrogens is 2. The zero-order valence-corrected chi connectivity index (χ0v) is 13.5. The van der Waals surface area contributed by atoms with Crippen molar-refractivity contribution in [2.75, 3.05) is 13.1 Å². The number of nitrogens with zero attached hydrogens (tertiary/aromatic N) is 2. The van der Waals surface area contributed by atoms with Crippen molar-refractivity contribution in [2.24, 2.45) is 18.4 Å². The minimum atomic E-state index is -0.324. The highest BCUT2D eigenvalue weighted by Crippen LogP contribution is 2.34. The third-order valence-corrected chi connectivity index (χ3v) is 5.12. The van der Waals surface area contributed by atoms with Gasteiger partial charge in [0.2, 0.25) is 0 Å². The summed E-state index contributed by atoms with van der Waals surface area (Å²) in [5.74, 6) is 0.646. The second kappa shape index (κ2) is 5.86. The molecule has 0 amide bonds. The van der Waals surface area contributed by atoms with Crippen molar-refractivity contribution in [1.82, 2.24) is 15.1 Å². The van der Waals surface area contributed by atoms with E-state index in [0.29, 0.717) is 17.4 Å². The van der Waals surface area contributed by atoms with E-state index in [1.54, 1.807) is 4.68 Å². The van der Waals surface area contributed by atoms with Crippen molar-refractivity contribution < 1.29 is 4.79 Å². The van der Waals surface area contributed by atoms with Crippen LogP contribution in [-0.2, 0) is 18.3 Å². The highest BCUT2D eigenvalue weighted by atomic mass is 35.5. The number of hydrogen-bond donors (Lipinski definition) is 1. The fraction of sp³-hybridized carbons (Fsp3) is 0.733. The van der Waals surface area contributed by atoms with Crippen LogP contribution in [0.15, 0.2) is 0 Å². The van der Waals surface area contributed by atoms with Gasteiger partial charge in [0.15, 0.2) is 0 Å². The fourth-order valence-electron chi connectivity index (χ4n) is 2.95. The van der Waals surface area contributed by atoms with Crippen molar-refractivity contribution >= 4 is 17.4 Å². The number of aryl methyl sites for hydroxylation is 2. The smallest absolute Gasteiger partial charge is 0.144 e. The lowest BCUT2D eigenvalue weighted by Crippen LogP contribution is -2.43. The van der Waals surface area contributed by atoms with Crippen LogP contribution in [0.2, 0.25) is 5.02 Å². The van der Waals surface area contributed by atoms with Crippen molar-refractivity contribution in [3.8, 4) is 0 Å². The van der Waals surface area contributed by atoms with E-state index in [1.807, 2.05) is 14.0 Å². The Hall–Kier alpha value is -0.870. The van der Waals surface area contributed by atoms with Gasteiger partial charge in [0.1, 0.15) is 5.78 Å². The number of ketones is 1. The van der Waals surface area contributed by atoms with Gasteiger partial charge in [0.25, 0.3) is 0 Å².